The van der Waals surface area contributed by atoms with Gasteiger partial charge in [-0.15, -0.1) is 23.1 Å². The Labute approximate surface area is 148 Å². The van der Waals surface area contributed by atoms with Gasteiger partial charge in [0.05, 0.1) is 19.0 Å². The minimum Gasteiger partial charge on any atom is -0.497 e. The van der Waals surface area contributed by atoms with E-state index in [4.69, 9.17) is 9.47 Å². The highest BCUT2D eigenvalue weighted by Gasteiger charge is 2.18. The van der Waals surface area contributed by atoms with Crippen molar-refractivity contribution < 1.29 is 19.1 Å². The van der Waals surface area contributed by atoms with Crippen LogP contribution in [0, 0.1) is 0 Å². The zero-order valence-electron chi connectivity index (χ0n) is 13.6. The average molecular weight is 366 g/mol. The van der Waals surface area contributed by atoms with Crippen molar-refractivity contribution in [3.63, 3.8) is 0 Å². The summed E-state index contributed by atoms with van der Waals surface area (Å²) < 4.78 is 9.98. The Hall–Kier alpha value is -2.06. The first-order valence-corrected chi connectivity index (χ1v) is 9.03. The molecule has 0 saturated carbocycles. The summed E-state index contributed by atoms with van der Waals surface area (Å²) in [4.78, 5) is 28.8. The molecule has 0 aliphatic rings. The number of carbonyl (C=O) groups is 2. The molecule has 0 spiro atoms. The first kappa shape index (κ1) is 18.3. The molecule has 1 atom stereocenters. The van der Waals surface area contributed by atoms with Crippen LogP contribution in [-0.2, 0) is 9.53 Å². The van der Waals surface area contributed by atoms with Crippen LogP contribution in [0.25, 0.3) is 0 Å². The number of benzene rings is 1. The molecular formula is C16H18N2O4S2. The lowest BCUT2D eigenvalue weighted by Gasteiger charge is -2.10. The van der Waals surface area contributed by atoms with E-state index in [1.54, 1.807) is 19.4 Å². The molecular weight excluding hydrogens is 348 g/mol. The number of nitrogens with zero attached hydrogens (tertiary/aromatic N) is 1. The van der Waals surface area contributed by atoms with E-state index < -0.39 is 5.97 Å². The summed E-state index contributed by atoms with van der Waals surface area (Å²) >= 11 is 2.62. The first-order chi connectivity index (χ1) is 11.5. The number of thiazole rings is 1. The number of ether oxygens (including phenoxy) is 2. The minimum atomic E-state index is -0.491. The van der Waals surface area contributed by atoms with Gasteiger partial charge in [-0.2, -0.15) is 0 Å². The number of hydrogen-bond donors (Lipinski definition) is 1. The van der Waals surface area contributed by atoms with Gasteiger partial charge in [-0.25, -0.2) is 9.78 Å². The summed E-state index contributed by atoms with van der Waals surface area (Å²) in [6.45, 7) is 3.82. The van der Waals surface area contributed by atoms with Crippen LogP contribution in [-0.4, -0.2) is 35.8 Å². The van der Waals surface area contributed by atoms with Gasteiger partial charge in [0.25, 0.3) is 0 Å². The van der Waals surface area contributed by atoms with Crippen LogP contribution in [0.1, 0.15) is 24.3 Å². The molecule has 6 nitrogen and oxygen atoms in total. The van der Waals surface area contributed by atoms with Crippen LogP contribution in [0.3, 0.4) is 0 Å². The van der Waals surface area contributed by atoms with E-state index in [-0.39, 0.29) is 23.5 Å². The molecule has 1 aromatic heterocycles. The Morgan fingerprint density at radius 3 is 2.67 bits per heavy atom. The highest BCUT2D eigenvalue weighted by atomic mass is 32.2. The average Bonchev–Trinajstić information content (AvgIpc) is 3.04. The predicted octanol–water partition coefficient (Wildman–Crippen LogP) is 3.45. The topological polar surface area (TPSA) is 77.5 Å². The molecule has 1 amide bonds. The van der Waals surface area contributed by atoms with Crippen molar-refractivity contribution in [2.75, 3.05) is 19.0 Å². The number of thioether (sulfide) groups is 1. The van der Waals surface area contributed by atoms with Crippen LogP contribution in [0.4, 0.5) is 5.13 Å². The van der Waals surface area contributed by atoms with E-state index in [2.05, 4.69) is 10.3 Å². The molecule has 0 fully saturated rings. The van der Waals surface area contributed by atoms with Crippen molar-refractivity contribution in [1.29, 1.82) is 0 Å². The standard InChI is InChI=1S/C16H18N2O4S2/c1-4-22-15(20)13-9-23-16(17-13)18-14(19)10(2)24-12-7-5-11(21-3)6-8-12/h5-10H,4H2,1-3H3,(H,17,18,19). The Kier molecular flexibility index (Phi) is 6.62. The van der Waals surface area contributed by atoms with Gasteiger partial charge >= 0.3 is 5.97 Å². The number of anilines is 1. The molecule has 1 N–H and O–H groups in total. The Bertz CT molecular complexity index is 700. The fraction of sp³-hybridized carbons (Fsp3) is 0.312. The van der Waals surface area contributed by atoms with Gasteiger partial charge in [0.15, 0.2) is 10.8 Å². The molecule has 0 saturated heterocycles. The fourth-order valence-electron chi connectivity index (χ4n) is 1.75. The Balaban J connectivity index is 1.92. The molecule has 2 aromatic rings. The summed E-state index contributed by atoms with van der Waals surface area (Å²) in [5.74, 6) is 0.0983. The molecule has 0 bridgehead atoms. The molecule has 24 heavy (non-hydrogen) atoms. The molecule has 1 aromatic carbocycles. The quantitative estimate of drug-likeness (QED) is 0.597. The number of methoxy groups -OCH3 is 1. The van der Waals surface area contributed by atoms with E-state index in [1.807, 2.05) is 31.2 Å². The molecule has 1 unspecified atom stereocenters. The lowest BCUT2D eigenvalue weighted by molar-refractivity contribution is -0.115. The number of hydrogen-bond acceptors (Lipinski definition) is 7. The van der Waals surface area contributed by atoms with Crippen LogP contribution in [0.2, 0.25) is 0 Å². The minimum absolute atomic E-state index is 0.180. The predicted molar refractivity (Wildman–Crippen MR) is 95.0 cm³/mol. The SMILES string of the molecule is CCOC(=O)c1csc(NC(=O)C(C)Sc2ccc(OC)cc2)n1. The van der Waals surface area contributed by atoms with Gasteiger partial charge in [-0.05, 0) is 38.1 Å². The highest BCUT2D eigenvalue weighted by Crippen LogP contribution is 2.26. The van der Waals surface area contributed by atoms with Gasteiger partial charge in [-0.1, -0.05) is 0 Å². The highest BCUT2D eigenvalue weighted by molar-refractivity contribution is 8.00. The third kappa shape index (κ3) is 4.97. The molecule has 0 aliphatic heterocycles. The normalized spacial score (nSPS) is 11.6. The Morgan fingerprint density at radius 2 is 2.04 bits per heavy atom. The molecule has 0 radical (unpaired) electrons. The van der Waals surface area contributed by atoms with Gasteiger partial charge in [-0.3, -0.25) is 4.79 Å². The van der Waals surface area contributed by atoms with E-state index in [0.717, 1.165) is 10.6 Å². The number of rotatable bonds is 7. The number of esters is 1. The van der Waals surface area contributed by atoms with Crippen LogP contribution in [0.5, 0.6) is 5.75 Å². The van der Waals surface area contributed by atoms with Crippen molar-refractivity contribution in [1.82, 2.24) is 4.98 Å². The number of carbonyl (C=O) groups excluding carboxylic acids is 2. The maximum Gasteiger partial charge on any atom is 0.357 e. The van der Waals surface area contributed by atoms with Crippen LogP contribution >= 0.6 is 23.1 Å². The summed E-state index contributed by atoms with van der Waals surface area (Å²) in [5.41, 5.74) is 0.201. The second kappa shape index (κ2) is 8.70. The second-order valence-electron chi connectivity index (χ2n) is 4.68. The second-order valence-corrected chi connectivity index (χ2v) is 6.96. The monoisotopic (exact) mass is 366 g/mol. The van der Waals surface area contributed by atoms with E-state index in [9.17, 15) is 9.59 Å². The fourth-order valence-corrected chi connectivity index (χ4v) is 3.30. The maximum atomic E-state index is 12.2. The van der Waals surface area contributed by atoms with Crippen LogP contribution in [0.15, 0.2) is 34.5 Å². The molecule has 128 valence electrons. The number of aromatic nitrogens is 1. The maximum absolute atomic E-state index is 12.2. The molecule has 8 heteroatoms. The lowest BCUT2D eigenvalue weighted by atomic mass is 10.3. The summed E-state index contributed by atoms with van der Waals surface area (Å²) in [6, 6.07) is 7.49. The van der Waals surface area contributed by atoms with E-state index in [0.29, 0.717) is 5.13 Å². The summed E-state index contributed by atoms with van der Waals surface area (Å²) in [5, 5.41) is 4.35. The van der Waals surface area contributed by atoms with Crippen molar-refractivity contribution in [3.8, 4) is 5.75 Å². The van der Waals surface area contributed by atoms with Crippen molar-refractivity contribution in [3.05, 3.63) is 35.3 Å². The smallest absolute Gasteiger partial charge is 0.357 e. The largest absolute Gasteiger partial charge is 0.497 e. The van der Waals surface area contributed by atoms with Gasteiger partial charge in [0.2, 0.25) is 5.91 Å². The summed E-state index contributed by atoms with van der Waals surface area (Å²) in [6.07, 6.45) is 0. The van der Waals surface area contributed by atoms with Crippen LogP contribution < -0.4 is 10.1 Å². The van der Waals surface area contributed by atoms with Crippen molar-refractivity contribution in [2.24, 2.45) is 0 Å². The number of amides is 1. The third-order valence-electron chi connectivity index (χ3n) is 2.96. The molecule has 1 heterocycles. The van der Waals surface area contributed by atoms with Crippen molar-refractivity contribution >= 4 is 40.1 Å². The lowest BCUT2D eigenvalue weighted by Crippen LogP contribution is -2.22. The molecule has 0 aliphatic carbocycles. The number of nitrogens with one attached hydrogen (secondary N) is 1. The van der Waals surface area contributed by atoms with E-state index >= 15 is 0 Å². The zero-order chi connectivity index (χ0) is 17.5. The first-order valence-electron chi connectivity index (χ1n) is 7.27. The van der Waals surface area contributed by atoms with Gasteiger partial charge in [0, 0.05) is 10.3 Å². The van der Waals surface area contributed by atoms with Gasteiger partial charge < -0.3 is 14.8 Å². The zero-order valence-corrected chi connectivity index (χ0v) is 15.2. The Morgan fingerprint density at radius 1 is 1.33 bits per heavy atom. The van der Waals surface area contributed by atoms with Crippen molar-refractivity contribution in [2.45, 2.75) is 24.0 Å². The summed E-state index contributed by atoms with van der Waals surface area (Å²) in [7, 11) is 1.61. The third-order valence-corrected chi connectivity index (χ3v) is 4.83. The van der Waals surface area contributed by atoms with E-state index in [1.165, 1.54) is 23.1 Å². The molecule has 2 rings (SSSR count). The van der Waals surface area contributed by atoms with Gasteiger partial charge in [0.1, 0.15) is 5.75 Å².